The Morgan fingerprint density at radius 3 is 2.10 bits per heavy atom. The van der Waals surface area contributed by atoms with Crippen molar-refractivity contribution in [2.75, 3.05) is 6.61 Å². The number of rotatable bonds is 5. The highest BCUT2D eigenvalue weighted by Crippen LogP contribution is 2.24. The molecule has 2 aromatic rings. The molecule has 0 saturated carbocycles. The molecule has 0 saturated heterocycles. The van der Waals surface area contributed by atoms with Gasteiger partial charge in [-0.3, -0.25) is 4.79 Å². The molecule has 0 radical (unpaired) electrons. The zero-order valence-electron chi connectivity index (χ0n) is 12.4. The van der Waals surface area contributed by atoms with Crippen LogP contribution in [0.15, 0.2) is 48.5 Å². The predicted molar refractivity (Wildman–Crippen MR) is 83.2 cm³/mol. The van der Waals surface area contributed by atoms with Crippen molar-refractivity contribution < 1.29 is 14.6 Å². The molecule has 0 aliphatic rings. The first-order valence-electron chi connectivity index (χ1n) is 7.15. The van der Waals surface area contributed by atoms with Crippen molar-refractivity contribution in [3.05, 3.63) is 54.1 Å². The lowest BCUT2D eigenvalue weighted by Crippen LogP contribution is -2.09. The van der Waals surface area contributed by atoms with E-state index in [1.54, 1.807) is 19.1 Å². The highest BCUT2D eigenvalue weighted by molar-refractivity contribution is 5.69. The van der Waals surface area contributed by atoms with Crippen LogP contribution in [0.1, 0.15) is 31.7 Å². The summed E-state index contributed by atoms with van der Waals surface area (Å²) < 4.78 is 5.17. The van der Waals surface area contributed by atoms with Crippen LogP contribution in [-0.2, 0) is 9.53 Å². The summed E-state index contributed by atoms with van der Waals surface area (Å²) in [5, 5.41) is 9.30. The van der Waals surface area contributed by atoms with Crippen LogP contribution in [0.3, 0.4) is 0 Å². The van der Waals surface area contributed by atoms with Gasteiger partial charge in [-0.15, -0.1) is 0 Å². The average Bonchev–Trinajstić information content (AvgIpc) is 2.53. The molecular weight excluding hydrogens is 264 g/mol. The number of aromatic hydroxyl groups is 1. The van der Waals surface area contributed by atoms with E-state index in [1.807, 2.05) is 43.3 Å². The molecule has 1 unspecified atom stereocenters. The molecule has 0 aromatic heterocycles. The molecule has 3 nitrogen and oxygen atoms in total. The third kappa shape index (κ3) is 4.09. The van der Waals surface area contributed by atoms with Crippen LogP contribution >= 0.6 is 0 Å². The fraction of sp³-hybridized carbons (Fsp3) is 0.278. The molecule has 0 heterocycles. The monoisotopic (exact) mass is 284 g/mol. The first-order chi connectivity index (χ1) is 10.1. The van der Waals surface area contributed by atoms with Gasteiger partial charge in [-0.05, 0) is 28.8 Å². The fourth-order valence-electron chi connectivity index (χ4n) is 2.07. The zero-order chi connectivity index (χ0) is 15.2. The Morgan fingerprint density at radius 1 is 1.05 bits per heavy atom. The highest BCUT2D eigenvalue weighted by Gasteiger charge is 2.08. The number of ether oxygens (including phenoxy) is 1. The second kappa shape index (κ2) is 6.93. The molecule has 2 rings (SSSR count). The Labute approximate surface area is 125 Å². The molecule has 0 fully saturated rings. The lowest BCUT2D eigenvalue weighted by molar-refractivity contribution is -0.143. The zero-order valence-corrected chi connectivity index (χ0v) is 12.4. The lowest BCUT2D eigenvalue weighted by atomic mass is 9.98. The molecule has 0 aliphatic heterocycles. The predicted octanol–water partition coefficient (Wildman–Crippen LogP) is 4.12. The molecule has 0 amide bonds. The Morgan fingerprint density at radius 2 is 1.57 bits per heavy atom. The van der Waals surface area contributed by atoms with Crippen molar-refractivity contribution >= 4 is 5.97 Å². The second-order valence-electron chi connectivity index (χ2n) is 5.11. The van der Waals surface area contributed by atoms with Gasteiger partial charge in [0.1, 0.15) is 5.75 Å². The smallest absolute Gasteiger partial charge is 0.305 e. The largest absolute Gasteiger partial charge is 0.508 e. The van der Waals surface area contributed by atoms with Gasteiger partial charge in [0.15, 0.2) is 0 Å². The van der Waals surface area contributed by atoms with Crippen LogP contribution in [0.25, 0.3) is 11.1 Å². The SMILES string of the molecule is CCC(=O)OCC(C)c1ccc(-c2ccc(O)cc2)cc1. The molecule has 110 valence electrons. The molecule has 0 bridgehead atoms. The highest BCUT2D eigenvalue weighted by atomic mass is 16.5. The third-order valence-electron chi connectivity index (χ3n) is 3.46. The van der Waals surface area contributed by atoms with Crippen molar-refractivity contribution in [1.29, 1.82) is 0 Å². The number of phenolic OH excluding ortho intramolecular Hbond substituents is 1. The third-order valence-corrected chi connectivity index (χ3v) is 3.46. The Bertz CT molecular complexity index is 585. The van der Waals surface area contributed by atoms with Crippen LogP contribution < -0.4 is 0 Å². The summed E-state index contributed by atoms with van der Waals surface area (Å²) in [5.41, 5.74) is 3.29. The van der Waals surface area contributed by atoms with Gasteiger partial charge in [0.05, 0.1) is 6.61 Å². The van der Waals surface area contributed by atoms with Gasteiger partial charge >= 0.3 is 5.97 Å². The van der Waals surface area contributed by atoms with Gasteiger partial charge in [0, 0.05) is 12.3 Å². The van der Waals surface area contributed by atoms with Crippen LogP contribution in [0.2, 0.25) is 0 Å². The van der Waals surface area contributed by atoms with E-state index in [9.17, 15) is 9.90 Å². The number of phenols is 1. The van der Waals surface area contributed by atoms with Crippen LogP contribution in [-0.4, -0.2) is 17.7 Å². The van der Waals surface area contributed by atoms with Gasteiger partial charge in [0.2, 0.25) is 0 Å². The van der Waals surface area contributed by atoms with Crippen LogP contribution in [0.4, 0.5) is 0 Å². The molecule has 0 spiro atoms. The van der Waals surface area contributed by atoms with Gasteiger partial charge in [-0.1, -0.05) is 50.2 Å². The standard InChI is InChI=1S/C18H20O3/c1-3-18(20)21-12-13(2)14-4-6-15(7-5-14)16-8-10-17(19)11-9-16/h4-11,13,19H,3,12H2,1-2H3. The molecule has 21 heavy (non-hydrogen) atoms. The Balaban J connectivity index is 2.04. The summed E-state index contributed by atoms with van der Waals surface area (Å²) in [6, 6.07) is 15.3. The maximum Gasteiger partial charge on any atom is 0.305 e. The van der Waals surface area contributed by atoms with E-state index in [1.165, 1.54) is 0 Å². The summed E-state index contributed by atoms with van der Waals surface area (Å²) >= 11 is 0. The molecular formula is C18H20O3. The van der Waals surface area contributed by atoms with Crippen molar-refractivity contribution in [1.82, 2.24) is 0 Å². The van der Waals surface area contributed by atoms with Crippen molar-refractivity contribution in [3.63, 3.8) is 0 Å². The fourth-order valence-corrected chi connectivity index (χ4v) is 2.07. The number of carbonyl (C=O) groups is 1. The molecule has 2 aromatic carbocycles. The summed E-state index contributed by atoms with van der Waals surface area (Å²) in [4.78, 5) is 11.2. The first kappa shape index (κ1) is 15.1. The number of hydrogen-bond donors (Lipinski definition) is 1. The van der Waals surface area contributed by atoms with E-state index in [0.717, 1.165) is 16.7 Å². The van der Waals surface area contributed by atoms with Gasteiger partial charge in [-0.25, -0.2) is 0 Å². The van der Waals surface area contributed by atoms with E-state index < -0.39 is 0 Å². The first-order valence-corrected chi connectivity index (χ1v) is 7.15. The number of esters is 1. The van der Waals surface area contributed by atoms with E-state index in [4.69, 9.17) is 4.74 Å². The second-order valence-corrected chi connectivity index (χ2v) is 5.11. The minimum atomic E-state index is -0.164. The number of benzene rings is 2. The maximum atomic E-state index is 11.2. The van der Waals surface area contributed by atoms with Crippen molar-refractivity contribution in [2.24, 2.45) is 0 Å². The summed E-state index contributed by atoms with van der Waals surface area (Å²) in [6.07, 6.45) is 0.409. The topological polar surface area (TPSA) is 46.5 Å². The van der Waals surface area contributed by atoms with Crippen molar-refractivity contribution in [2.45, 2.75) is 26.2 Å². The number of carbonyl (C=O) groups excluding carboxylic acids is 1. The summed E-state index contributed by atoms with van der Waals surface area (Å²) in [6.45, 7) is 4.24. The van der Waals surface area contributed by atoms with Gasteiger partial charge in [-0.2, -0.15) is 0 Å². The average molecular weight is 284 g/mol. The Hall–Kier alpha value is -2.29. The quantitative estimate of drug-likeness (QED) is 0.840. The normalized spacial score (nSPS) is 11.9. The molecule has 1 atom stereocenters. The van der Waals surface area contributed by atoms with E-state index in [-0.39, 0.29) is 17.6 Å². The van der Waals surface area contributed by atoms with E-state index in [0.29, 0.717) is 13.0 Å². The van der Waals surface area contributed by atoms with Crippen LogP contribution in [0, 0.1) is 0 Å². The minimum Gasteiger partial charge on any atom is -0.508 e. The molecule has 0 aliphatic carbocycles. The lowest BCUT2D eigenvalue weighted by Gasteiger charge is -2.13. The summed E-state index contributed by atoms with van der Waals surface area (Å²) in [5.74, 6) is 0.277. The van der Waals surface area contributed by atoms with Gasteiger partial charge in [0.25, 0.3) is 0 Å². The number of hydrogen-bond acceptors (Lipinski definition) is 3. The van der Waals surface area contributed by atoms with E-state index in [2.05, 4.69) is 0 Å². The summed E-state index contributed by atoms with van der Waals surface area (Å²) in [7, 11) is 0. The van der Waals surface area contributed by atoms with Crippen molar-refractivity contribution in [3.8, 4) is 16.9 Å². The Kier molecular flexibility index (Phi) is 4.99. The molecule has 1 N–H and O–H groups in total. The molecule has 3 heteroatoms. The van der Waals surface area contributed by atoms with E-state index >= 15 is 0 Å². The maximum absolute atomic E-state index is 11.2. The van der Waals surface area contributed by atoms with Gasteiger partial charge < -0.3 is 9.84 Å². The minimum absolute atomic E-state index is 0.164. The van der Waals surface area contributed by atoms with Crippen LogP contribution in [0.5, 0.6) is 5.75 Å².